The molecule has 0 radical (unpaired) electrons. The van der Waals surface area contributed by atoms with E-state index in [-0.39, 0.29) is 16.7 Å². The van der Waals surface area contributed by atoms with Crippen molar-refractivity contribution in [2.45, 2.75) is 26.2 Å². The Balaban J connectivity index is 2.59. The number of rotatable bonds is 0. The molecule has 0 aliphatic rings. The van der Waals surface area contributed by atoms with E-state index < -0.39 is 0 Å². The number of hydrogen-bond donors (Lipinski definition) is 0. The molecule has 0 aliphatic carbocycles. The molecule has 3 rings (SSSR count). The summed E-state index contributed by atoms with van der Waals surface area (Å²) in [6, 6.07) is 0. The third-order valence-electron chi connectivity index (χ3n) is 3.95. The Morgan fingerprint density at radius 3 is 2.19 bits per heavy atom. The van der Waals surface area contributed by atoms with Crippen molar-refractivity contribution in [2.24, 2.45) is 21.1 Å². The molecule has 3 aromatic rings. The second kappa shape index (κ2) is 3.87. The summed E-state index contributed by atoms with van der Waals surface area (Å²) >= 11 is 0. The van der Waals surface area contributed by atoms with Crippen molar-refractivity contribution in [2.75, 3.05) is 0 Å². The molecule has 112 valence electrons. The van der Waals surface area contributed by atoms with E-state index in [1.807, 2.05) is 17.8 Å². The SMILES string of the molecule is Cn1c(=O)c2c(nc3n(C)c(C(C)(C)C)cn23)n(C)c1=O. The molecular formula is C14H19N5O2. The Morgan fingerprint density at radius 2 is 1.62 bits per heavy atom. The minimum atomic E-state index is -0.369. The minimum Gasteiger partial charge on any atom is -0.316 e. The summed E-state index contributed by atoms with van der Waals surface area (Å²) in [6.07, 6.45) is 1.93. The average Bonchev–Trinajstić information content (AvgIpc) is 2.91. The summed E-state index contributed by atoms with van der Waals surface area (Å²) in [4.78, 5) is 28.9. The topological polar surface area (TPSA) is 66.2 Å². The Morgan fingerprint density at radius 1 is 1.00 bits per heavy atom. The Hall–Kier alpha value is -2.31. The molecule has 0 atom stereocenters. The van der Waals surface area contributed by atoms with Crippen LogP contribution in [0.3, 0.4) is 0 Å². The molecule has 3 aromatic heterocycles. The molecule has 0 aromatic carbocycles. The van der Waals surface area contributed by atoms with Crippen LogP contribution >= 0.6 is 0 Å². The van der Waals surface area contributed by atoms with E-state index in [0.717, 1.165) is 10.3 Å². The first kappa shape index (κ1) is 13.7. The third kappa shape index (κ3) is 1.63. The van der Waals surface area contributed by atoms with E-state index in [0.29, 0.717) is 16.9 Å². The van der Waals surface area contributed by atoms with Crippen LogP contribution in [0.4, 0.5) is 0 Å². The molecule has 0 saturated heterocycles. The van der Waals surface area contributed by atoms with Crippen molar-refractivity contribution in [3.05, 3.63) is 32.7 Å². The summed E-state index contributed by atoms with van der Waals surface area (Å²) in [7, 11) is 5.03. The van der Waals surface area contributed by atoms with Crippen LogP contribution in [0.1, 0.15) is 26.5 Å². The number of aryl methyl sites for hydroxylation is 2. The number of nitrogens with zero attached hydrogens (tertiary/aromatic N) is 5. The van der Waals surface area contributed by atoms with Gasteiger partial charge in [-0.2, -0.15) is 4.98 Å². The zero-order valence-corrected chi connectivity index (χ0v) is 13.1. The lowest BCUT2D eigenvalue weighted by molar-refractivity contribution is 0.546. The Labute approximate surface area is 121 Å². The van der Waals surface area contributed by atoms with Crippen molar-refractivity contribution >= 4 is 16.9 Å². The normalized spacial score (nSPS) is 12.7. The van der Waals surface area contributed by atoms with Gasteiger partial charge < -0.3 is 4.57 Å². The number of imidazole rings is 2. The van der Waals surface area contributed by atoms with Crippen LogP contribution in [0.25, 0.3) is 16.9 Å². The lowest BCUT2D eigenvalue weighted by atomic mass is 9.93. The lowest BCUT2D eigenvalue weighted by Crippen LogP contribution is -2.37. The first-order chi connectivity index (χ1) is 9.64. The van der Waals surface area contributed by atoms with Crippen molar-refractivity contribution in [1.29, 1.82) is 0 Å². The smallest absolute Gasteiger partial charge is 0.316 e. The van der Waals surface area contributed by atoms with E-state index in [1.54, 1.807) is 11.4 Å². The van der Waals surface area contributed by atoms with Crippen LogP contribution in [0.5, 0.6) is 0 Å². The fraction of sp³-hybridized carbons (Fsp3) is 0.500. The second-order valence-electron chi connectivity index (χ2n) is 6.48. The van der Waals surface area contributed by atoms with Gasteiger partial charge in [0.2, 0.25) is 5.78 Å². The maximum Gasteiger partial charge on any atom is 0.332 e. The number of fused-ring (bicyclic) bond motifs is 3. The molecule has 0 aliphatic heterocycles. The summed E-state index contributed by atoms with van der Waals surface area (Å²) < 4.78 is 6.25. The van der Waals surface area contributed by atoms with Gasteiger partial charge in [0, 0.05) is 38.4 Å². The largest absolute Gasteiger partial charge is 0.332 e. The van der Waals surface area contributed by atoms with Crippen LogP contribution in [0, 0.1) is 0 Å². The summed E-state index contributed by atoms with van der Waals surface area (Å²) in [5.41, 5.74) is 1.16. The highest BCUT2D eigenvalue weighted by atomic mass is 16.2. The molecule has 0 bridgehead atoms. The number of hydrogen-bond acceptors (Lipinski definition) is 3. The van der Waals surface area contributed by atoms with Gasteiger partial charge in [0.05, 0.1) is 0 Å². The van der Waals surface area contributed by atoms with Gasteiger partial charge in [-0.05, 0) is 0 Å². The summed E-state index contributed by atoms with van der Waals surface area (Å²) in [5, 5.41) is 0. The first-order valence-electron chi connectivity index (χ1n) is 6.78. The van der Waals surface area contributed by atoms with Gasteiger partial charge in [-0.15, -0.1) is 0 Å². The molecule has 21 heavy (non-hydrogen) atoms. The van der Waals surface area contributed by atoms with Crippen LogP contribution in [-0.4, -0.2) is 23.1 Å². The van der Waals surface area contributed by atoms with Gasteiger partial charge in [-0.25, -0.2) is 4.79 Å². The fourth-order valence-electron chi connectivity index (χ4n) is 2.78. The maximum absolute atomic E-state index is 12.4. The first-order valence-corrected chi connectivity index (χ1v) is 6.78. The minimum absolute atomic E-state index is 0.0618. The molecule has 0 spiro atoms. The van der Waals surface area contributed by atoms with Gasteiger partial charge in [0.25, 0.3) is 5.56 Å². The highest BCUT2D eigenvalue weighted by molar-refractivity contribution is 5.75. The zero-order chi connectivity index (χ0) is 15.7. The summed E-state index contributed by atoms with van der Waals surface area (Å²) in [5.74, 6) is 0.660. The molecule has 0 amide bonds. The standard InChI is InChI=1S/C14H19N5O2/c1-14(2,3)8-7-19-9-10(15-12(19)16(8)4)17(5)13(21)18(6)11(9)20/h7H,1-6H3. The van der Waals surface area contributed by atoms with Gasteiger partial charge in [0.15, 0.2) is 11.2 Å². The molecule has 3 heterocycles. The monoisotopic (exact) mass is 289 g/mol. The Kier molecular flexibility index (Phi) is 2.52. The Bertz CT molecular complexity index is 991. The van der Waals surface area contributed by atoms with E-state index in [4.69, 9.17) is 0 Å². The molecule has 0 N–H and O–H groups in total. The maximum atomic E-state index is 12.4. The van der Waals surface area contributed by atoms with Crippen LogP contribution in [0.2, 0.25) is 0 Å². The molecule has 7 heteroatoms. The third-order valence-corrected chi connectivity index (χ3v) is 3.95. The molecule has 7 nitrogen and oxygen atoms in total. The fourth-order valence-corrected chi connectivity index (χ4v) is 2.78. The van der Waals surface area contributed by atoms with Crippen LogP contribution in [0.15, 0.2) is 15.8 Å². The van der Waals surface area contributed by atoms with E-state index in [2.05, 4.69) is 25.8 Å². The van der Waals surface area contributed by atoms with E-state index in [9.17, 15) is 9.59 Å². The van der Waals surface area contributed by atoms with Crippen molar-refractivity contribution < 1.29 is 0 Å². The molecule has 0 unspecified atom stereocenters. The predicted octanol–water partition coefficient (Wildman–Crippen LogP) is 0.521. The van der Waals surface area contributed by atoms with Crippen molar-refractivity contribution in [1.82, 2.24) is 23.1 Å². The van der Waals surface area contributed by atoms with Crippen molar-refractivity contribution in [3.63, 3.8) is 0 Å². The van der Waals surface area contributed by atoms with Crippen LogP contribution < -0.4 is 11.2 Å². The zero-order valence-electron chi connectivity index (χ0n) is 13.1. The highest BCUT2D eigenvalue weighted by Gasteiger charge is 2.23. The molecule has 0 saturated carbocycles. The quantitative estimate of drug-likeness (QED) is 0.606. The second-order valence-corrected chi connectivity index (χ2v) is 6.48. The van der Waals surface area contributed by atoms with E-state index in [1.165, 1.54) is 11.6 Å². The molecular weight excluding hydrogens is 270 g/mol. The van der Waals surface area contributed by atoms with E-state index >= 15 is 0 Å². The van der Waals surface area contributed by atoms with Gasteiger partial charge in [-0.1, -0.05) is 20.8 Å². The van der Waals surface area contributed by atoms with Gasteiger partial charge in [0.1, 0.15) is 0 Å². The predicted molar refractivity (Wildman–Crippen MR) is 80.9 cm³/mol. The average molecular weight is 289 g/mol. The highest BCUT2D eigenvalue weighted by Crippen LogP contribution is 2.25. The summed E-state index contributed by atoms with van der Waals surface area (Å²) in [6.45, 7) is 6.33. The molecule has 0 fully saturated rings. The van der Waals surface area contributed by atoms with Gasteiger partial charge >= 0.3 is 5.69 Å². The number of aromatic nitrogens is 5. The van der Waals surface area contributed by atoms with Gasteiger partial charge in [-0.3, -0.25) is 18.3 Å². The van der Waals surface area contributed by atoms with Crippen molar-refractivity contribution in [3.8, 4) is 0 Å². The van der Waals surface area contributed by atoms with Crippen LogP contribution in [-0.2, 0) is 26.6 Å². The lowest BCUT2D eigenvalue weighted by Gasteiger charge is -2.18.